The Balaban J connectivity index is 2.02. The second-order valence-electron chi connectivity index (χ2n) is 4.21. The van der Waals surface area contributed by atoms with E-state index >= 15 is 0 Å². The van der Waals surface area contributed by atoms with Crippen molar-refractivity contribution in [1.82, 2.24) is 9.80 Å². The fourth-order valence-corrected chi connectivity index (χ4v) is 3.45. The maximum Gasteiger partial charge on any atom is 0.312 e. The standard InChI is InChI=1S/C12H15BrN2O2S/c1-2-4-14-5-6-15(12(17)11(14)16)8-10-9(13)3-7-18-10/h3,7H,2,4-6,8H2,1H3. The number of thiophene rings is 1. The van der Waals surface area contributed by atoms with Crippen LogP contribution >= 0.6 is 27.3 Å². The van der Waals surface area contributed by atoms with E-state index in [9.17, 15) is 9.59 Å². The average Bonchev–Trinajstić information content (AvgIpc) is 2.75. The molecule has 4 nitrogen and oxygen atoms in total. The minimum Gasteiger partial charge on any atom is -0.333 e. The second kappa shape index (κ2) is 5.84. The van der Waals surface area contributed by atoms with E-state index < -0.39 is 0 Å². The molecule has 1 aliphatic rings. The summed E-state index contributed by atoms with van der Waals surface area (Å²) >= 11 is 5.03. The molecule has 0 atom stereocenters. The predicted molar refractivity (Wildman–Crippen MR) is 74.3 cm³/mol. The predicted octanol–water partition coefficient (Wildman–Crippen LogP) is 2.09. The first-order valence-corrected chi connectivity index (χ1v) is 7.60. The highest BCUT2D eigenvalue weighted by Crippen LogP contribution is 2.24. The molecule has 0 N–H and O–H groups in total. The summed E-state index contributed by atoms with van der Waals surface area (Å²) in [7, 11) is 0. The van der Waals surface area contributed by atoms with Gasteiger partial charge < -0.3 is 9.80 Å². The van der Waals surface area contributed by atoms with Crippen LogP contribution in [0.4, 0.5) is 0 Å². The van der Waals surface area contributed by atoms with E-state index in [0.717, 1.165) is 15.8 Å². The number of hydrogen-bond donors (Lipinski definition) is 0. The van der Waals surface area contributed by atoms with Crippen molar-refractivity contribution in [1.29, 1.82) is 0 Å². The number of hydrogen-bond acceptors (Lipinski definition) is 3. The van der Waals surface area contributed by atoms with Gasteiger partial charge in [-0.3, -0.25) is 9.59 Å². The van der Waals surface area contributed by atoms with Gasteiger partial charge in [0.15, 0.2) is 0 Å². The van der Waals surface area contributed by atoms with E-state index in [-0.39, 0.29) is 11.8 Å². The van der Waals surface area contributed by atoms with E-state index in [4.69, 9.17) is 0 Å². The lowest BCUT2D eigenvalue weighted by Gasteiger charge is -2.33. The summed E-state index contributed by atoms with van der Waals surface area (Å²) in [6.07, 6.45) is 0.884. The number of halogens is 1. The van der Waals surface area contributed by atoms with Gasteiger partial charge in [-0.25, -0.2) is 0 Å². The molecule has 1 saturated heterocycles. The van der Waals surface area contributed by atoms with Gasteiger partial charge >= 0.3 is 11.8 Å². The van der Waals surface area contributed by atoms with Crippen LogP contribution < -0.4 is 0 Å². The fraction of sp³-hybridized carbons (Fsp3) is 0.500. The first-order valence-electron chi connectivity index (χ1n) is 5.93. The number of carbonyl (C=O) groups excluding carboxylic acids is 2. The summed E-state index contributed by atoms with van der Waals surface area (Å²) in [4.78, 5) is 28.2. The van der Waals surface area contributed by atoms with Crippen LogP contribution in [0.3, 0.4) is 0 Å². The largest absolute Gasteiger partial charge is 0.333 e. The molecule has 18 heavy (non-hydrogen) atoms. The van der Waals surface area contributed by atoms with Gasteiger partial charge in [0, 0.05) is 29.0 Å². The maximum atomic E-state index is 12.0. The highest BCUT2D eigenvalue weighted by molar-refractivity contribution is 9.10. The van der Waals surface area contributed by atoms with Gasteiger partial charge in [-0.05, 0) is 33.8 Å². The van der Waals surface area contributed by atoms with Gasteiger partial charge in [-0.2, -0.15) is 0 Å². The third-order valence-corrected chi connectivity index (χ3v) is 4.83. The number of amides is 2. The highest BCUT2D eigenvalue weighted by atomic mass is 79.9. The zero-order valence-electron chi connectivity index (χ0n) is 10.2. The first-order chi connectivity index (χ1) is 8.63. The lowest BCUT2D eigenvalue weighted by Crippen LogP contribution is -2.53. The van der Waals surface area contributed by atoms with Crippen molar-refractivity contribution in [2.75, 3.05) is 19.6 Å². The molecule has 2 rings (SSSR count). The normalized spacial score (nSPS) is 16.6. The number of rotatable bonds is 4. The summed E-state index contributed by atoms with van der Waals surface area (Å²) in [5.41, 5.74) is 0. The Bertz CT molecular complexity index is 461. The smallest absolute Gasteiger partial charge is 0.312 e. The van der Waals surface area contributed by atoms with Crippen molar-refractivity contribution >= 4 is 39.1 Å². The molecule has 0 radical (unpaired) electrons. The fourth-order valence-electron chi connectivity index (χ4n) is 1.96. The van der Waals surface area contributed by atoms with Crippen molar-refractivity contribution in [3.05, 3.63) is 20.8 Å². The van der Waals surface area contributed by atoms with Gasteiger partial charge in [0.05, 0.1) is 6.54 Å². The third-order valence-electron chi connectivity index (χ3n) is 2.92. The molecule has 0 spiro atoms. The Morgan fingerprint density at radius 1 is 1.28 bits per heavy atom. The minimum atomic E-state index is -0.380. The van der Waals surface area contributed by atoms with E-state index in [1.54, 1.807) is 21.1 Å². The Morgan fingerprint density at radius 3 is 2.56 bits per heavy atom. The zero-order valence-corrected chi connectivity index (χ0v) is 12.6. The van der Waals surface area contributed by atoms with Gasteiger partial charge in [0.2, 0.25) is 0 Å². The molecule has 0 saturated carbocycles. The van der Waals surface area contributed by atoms with E-state index in [1.165, 1.54) is 0 Å². The van der Waals surface area contributed by atoms with Crippen molar-refractivity contribution in [3.8, 4) is 0 Å². The van der Waals surface area contributed by atoms with Crippen molar-refractivity contribution < 1.29 is 9.59 Å². The van der Waals surface area contributed by atoms with E-state index in [2.05, 4.69) is 15.9 Å². The SMILES string of the molecule is CCCN1CCN(Cc2sccc2Br)C(=O)C1=O. The highest BCUT2D eigenvalue weighted by Gasteiger charge is 2.32. The first kappa shape index (κ1) is 13.5. The molecule has 1 aromatic rings. The molecule has 98 valence electrons. The molecular weight excluding hydrogens is 316 g/mol. The summed E-state index contributed by atoms with van der Waals surface area (Å²) in [6, 6.07) is 1.96. The molecular formula is C12H15BrN2O2S. The molecule has 1 fully saturated rings. The van der Waals surface area contributed by atoms with Crippen LogP contribution in [0.25, 0.3) is 0 Å². The number of carbonyl (C=O) groups is 2. The molecule has 1 aliphatic heterocycles. The molecule has 6 heteroatoms. The Hall–Kier alpha value is -0.880. The van der Waals surface area contributed by atoms with Crippen LogP contribution in [-0.4, -0.2) is 41.2 Å². The maximum absolute atomic E-state index is 12.0. The Kier molecular flexibility index (Phi) is 4.40. The minimum absolute atomic E-state index is 0.365. The van der Waals surface area contributed by atoms with Crippen molar-refractivity contribution in [2.24, 2.45) is 0 Å². The number of nitrogens with zero attached hydrogens (tertiary/aromatic N) is 2. The van der Waals surface area contributed by atoms with Crippen molar-refractivity contribution in [2.45, 2.75) is 19.9 Å². The monoisotopic (exact) mass is 330 g/mol. The van der Waals surface area contributed by atoms with Crippen LogP contribution in [0.1, 0.15) is 18.2 Å². The molecule has 0 aromatic carbocycles. The lowest BCUT2D eigenvalue weighted by molar-refractivity contribution is -0.156. The molecule has 0 unspecified atom stereocenters. The van der Waals surface area contributed by atoms with Crippen LogP contribution in [0, 0.1) is 0 Å². The molecule has 2 heterocycles. The third kappa shape index (κ3) is 2.75. The van der Waals surface area contributed by atoms with Gasteiger partial charge in [-0.15, -0.1) is 11.3 Å². The van der Waals surface area contributed by atoms with Crippen LogP contribution in [-0.2, 0) is 16.1 Å². The van der Waals surface area contributed by atoms with Crippen LogP contribution in [0.5, 0.6) is 0 Å². The zero-order chi connectivity index (χ0) is 13.1. The van der Waals surface area contributed by atoms with Crippen molar-refractivity contribution in [3.63, 3.8) is 0 Å². The van der Waals surface area contributed by atoms with Gasteiger partial charge in [0.25, 0.3) is 0 Å². The Morgan fingerprint density at radius 2 is 1.94 bits per heavy atom. The summed E-state index contributed by atoms with van der Waals surface area (Å²) in [5.74, 6) is -0.745. The van der Waals surface area contributed by atoms with Crippen LogP contribution in [0.2, 0.25) is 0 Å². The van der Waals surface area contributed by atoms with Gasteiger partial charge in [-0.1, -0.05) is 6.92 Å². The molecule has 2 amide bonds. The second-order valence-corrected chi connectivity index (χ2v) is 6.07. The van der Waals surface area contributed by atoms with E-state index in [1.807, 2.05) is 18.4 Å². The lowest BCUT2D eigenvalue weighted by atomic mass is 10.2. The van der Waals surface area contributed by atoms with Crippen LogP contribution in [0.15, 0.2) is 15.9 Å². The topological polar surface area (TPSA) is 40.6 Å². The van der Waals surface area contributed by atoms with Gasteiger partial charge in [0.1, 0.15) is 0 Å². The molecule has 0 bridgehead atoms. The molecule has 1 aromatic heterocycles. The quantitative estimate of drug-likeness (QED) is 0.793. The van der Waals surface area contributed by atoms with E-state index in [0.29, 0.717) is 26.2 Å². The number of piperazine rings is 1. The summed E-state index contributed by atoms with van der Waals surface area (Å²) in [5, 5.41) is 1.97. The molecule has 0 aliphatic carbocycles. The summed E-state index contributed by atoms with van der Waals surface area (Å²) < 4.78 is 1.00. The summed E-state index contributed by atoms with van der Waals surface area (Å²) in [6.45, 7) is 4.45. The average molecular weight is 331 g/mol. The Labute approximate surface area is 119 Å².